The number of benzene rings is 1. The Labute approximate surface area is 132 Å². The van der Waals surface area contributed by atoms with Gasteiger partial charge in [-0.2, -0.15) is 4.31 Å². The number of hydrogen-bond donors (Lipinski definition) is 1. The summed E-state index contributed by atoms with van der Waals surface area (Å²) in [5.41, 5.74) is 0. The van der Waals surface area contributed by atoms with Crippen LogP contribution in [-0.2, 0) is 14.8 Å². The van der Waals surface area contributed by atoms with Gasteiger partial charge in [0.25, 0.3) is 0 Å². The van der Waals surface area contributed by atoms with Crippen LogP contribution in [0.4, 0.5) is 4.79 Å². The van der Waals surface area contributed by atoms with Gasteiger partial charge in [0.1, 0.15) is 0 Å². The molecule has 3 amide bonds. The summed E-state index contributed by atoms with van der Waals surface area (Å²) < 4.78 is 26.4. The lowest BCUT2D eigenvalue weighted by atomic mass is 10.2. The van der Waals surface area contributed by atoms with E-state index in [1.54, 1.807) is 0 Å². The molecule has 0 saturated carbocycles. The van der Waals surface area contributed by atoms with Crippen molar-refractivity contribution in [1.29, 1.82) is 0 Å². The molecule has 0 aromatic heterocycles. The predicted octanol–water partition coefficient (Wildman–Crippen LogP) is 0.655. The van der Waals surface area contributed by atoms with Gasteiger partial charge in [-0.15, -0.1) is 0 Å². The molecule has 22 heavy (non-hydrogen) atoms. The normalized spacial score (nSPS) is 23.1. The molecule has 1 atom stereocenters. The molecular formula is C13H14ClN3O4S. The third-order valence-corrected chi connectivity index (χ3v) is 5.95. The standard InChI is InChI=1S/C13H14ClN3O4S/c14-9-1-3-11(4-2-9)22(20,21)16-6-5-10(8-16)17-12(18)7-15-13(17)19/h1-4,10H,5-8H2,(H,15,19). The summed E-state index contributed by atoms with van der Waals surface area (Å²) in [6.45, 7) is 0.357. The van der Waals surface area contributed by atoms with E-state index in [-0.39, 0.29) is 30.4 Å². The molecule has 2 fully saturated rings. The number of urea groups is 1. The van der Waals surface area contributed by atoms with Crippen molar-refractivity contribution in [2.75, 3.05) is 19.6 Å². The molecule has 1 N–H and O–H groups in total. The van der Waals surface area contributed by atoms with E-state index in [0.717, 1.165) is 4.90 Å². The zero-order valence-electron chi connectivity index (χ0n) is 11.5. The van der Waals surface area contributed by atoms with Crippen LogP contribution in [0.25, 0.3) is 0 Å². The number of rotatable bonds is 3. The lowest BCUT2D eigenvalue weighted by Gasteiger charge is -2.21. The second-order valence-corrected chi connectivity index (χ2v) is 7.56. The Morgan fingerprint density at radius 1 is 1.18 bits per heavy atom. The Morgan fingerprint density at radius 2 is 1.86 bits per heavy atom. The van der Waals surface area contributed by atoms with Crippen LogP contribution in [0, 0.1) is 0 Å². The van der Waals surface area contributed by atoms with Crippen molar-refractivity contribution in [3.8, 4) is 0 Å². The van der Waals surface area contributed by atoms with Crippen LogP contribution in [0.3, 0.4) is 0 Å². The molecule has 0 radical (unpaired) electrons. The fourth-order valence-electron chi connectivity index (χ4n) is 2.70. The van der Waals surface area contributed by atoms with Gasteiger partial charge in [0.2, 0.25) is 15.9 Å². The number of amides is 3. The molecule has 1 aromatic carbocycles. The van der Waals surface area contributed by atoms with E-state index >= 15 is 0 Å². The van der Waals surface area contributed by atoms with Crippen molar-refractivity contribution in [1.82, 2.24) is 14.5 Å². The van der Waals surface area contributed by atoms with E-state index in [1.807, 2.05) is 0 Å². The van der Waals surface area contributed by atoms with Gasteiger partial charge >= 0.3 is 6.03 Å². The van der Waals surface area contributed by atoms with Crippen LogP contribution in [-0.4, -0.2) is 55.2 Å². The number of carbonyl (C=O) groups is 2. The Hall–Kier alpha value is -1.64. The molecule has 0 bridgehead atoms. The highest BCUT2D eigenvalue weighted by atomic mass is 35.5. The predicted molar refractivity (Wildman–Crippen MR) is 78.9 cm³/mol. The van der Waals surface area contributed by atoms with Crippen LogP contribution in [0.2, 0.25) is 5.02 Å². The molecule has 118 valence electrons. The zero-order chi connectivity index (χ0) is 15.9. The van der Waals surface area contributed by atoms with Gasteiger partial charge in [0, 0.05) is 18.1 Å². The van der Waals surface area contributed by atoms with Crippen molar-refractivity contribution in [2.45, 2.75) is 17.4 Å². The second kappa shape index (κ2) is 5.53. The van der Waals surface area contributed by atoms with Crippen LogP contribution < -0.4 is 5.32 Å². The monoisotopic (exact) mass is 343 g/mol. The largest absolute Gasteiger partial charge is 0.329 e. The molecule has 2 heterocycles. The Morgan fingerprint density at radius 3 is 2.45 bits per heavy atom. The highest BCUT2D eigenvalue weighted by Crippen LogP contribution is 2.25. The SMILES string of the molecule is O=C1CNC(=O)N1C1CCN(S(=O)(=O)c2ccc(Cl)cc2)C1. The number of imide groups is 1. The molecule has 9 heteroatoms. The van der Waals surface area contributed by atoms with E-state index < -0.39 is 22.1 Å². The molecule has 0 spiro atoms. The minimum atomic E-state index is -3.65. The van der Waals surface area contributed by atoms with E-state index in [2.05, 4.69) is 5.32 Å². The molecule has 2 aliphatic rings. The van der Waals surface area contributed by atoms with Crippen molar-refractivity contribution in [3.63, 3.8) is 0 Å². The van der Waals surface area contributed by atoms with Crippen LogP contribution in [0.5, 0.6) is 0 Å². The van der Waals surface area contributed by atoms with Gasteiger partial charge in [-0.1, -0.05) is 11.6 Å². The Balaban J connectivity index is 1.78. The lowest BCUT2D eigenvalue weighted by Crippen LogP contribution is -2.42. The maximum Gasteiger partial charge on any atom is 0.324 e. The van der Waals surface area contributed by atoms with Gasteiger partial charge in [-0.3, -0.25) is 9.69 Å². The molecule has 3 rings (SSSR count). The fourth-order valence-corrected chi connectivity index (χ4v) is 4.32. The van der Waals surface area contributed by atoms with Gasteiger partial charge in [-0.05, 0) is 30.7 Å². The van der Waals surface area contributed by atoms with Crippen molar-refractivity contribution >= 4 is 33.6 Å². The summed E-state index contributed by atoms with van der Waals surface area (Å²) >= 11 is 5.77. The maximum absolute atomic E-state index is 12.5. The average Bonchev–Trinajstić information content (AvgIpc) is 3.07. The molecule has 7 nitrogen and oxygen atoms in total. The highest BCUT2D eigenvalue weighted by Gasteiger charge is 2.41. The third kappa shape index (κ3) is 2.57. The topological polar surface area (TPSA) is 86.8 Å². The number of nitrogens with zero attached hydrogens (tertiary/aromatic N) is 2. The number of nitrogens with one attached hydrogen (secondary N) is 1. The number of carbonyl (C=O) groups excluding carboxylic acids is 2. The Kier molecular flexibility index (Phi) is 3.84. The van der Waals surface area contributed by atoms with Crippen molar-refractivity contribution < 1.29 is 18.0 Å². The molecule has 2 saturated heterocycles. The number of hydrogen-bond acceptors (Lipinski definition) is 4. The van der Waals surface area contributed by atoms with Crippen LogP contribution in [0.1, 0.15) is 6.42 Å². The van der Waals surface area contributed by atoms with Gasteiger partial charge in [0.05, 0.1) is 17.5 Å². The maximum atomic E-state index is 12.5. The first-order valence-corrected chi connectivity index (χ1v) is 8.57. The molecular weight excluding hydrogens is 330 g/mol. The highest BCUT2D eigenvalue weighted by molar-refractivity contribution is 7.89. The van der Waals surface area contributed by atoms with Gasteiger partial charge < -0.3 is 5.32 Å². The van der Waals surface area contributed by atoms with E-state index in [4.69, 9.17) is 11.6 Å². The van der Waals surface area contributed by atoms with Crippen molar-refractivity contribution in [2.24, 2.45) is 0 Å². The summed E-state index contributed by atoms with van der Waals surface area (Å²) in [5.74, 6) is -0.319. The first-order valence-electron chi connectivity index (χ1n) is 6.75. The van der Waals surface area contributed by atoms with E-state index in [0.29, 0.717) is 11.4 Å². The molecule has 1 unspecified atom stereocenters. The summed E-state index contributed by atoms with van der Waals surface area (Å²) in [7, 11) is -3.65. The van der Waals surface area contributed by atoms with Gasteiger partial charge in [0.15, 0.2) is 0 Å². The molecule has 1 aromatic rings. The smallest absolute Gasteiger partial charge is 0.324 e. The fraction of sp³-hybridized carbons (Fsp3) is 0.385. The Bertz CT molecular complexity index is 703. The first kappa shape index (κ1) is 15.3. The minimum absolute atomic E-state index is 0.0285. The summed E-state index contributed by atoms with van der Waals surface area (Å²) in [4.78, 5) is 24.6. The first-order chi connectivity index (χ1) is 10.4. The summed E-state index contributed by atoms with van der Waals surface area (Å²) in [5, 5.41) is 2.90. The molecule has 0 aliphatic carbocycles. The van der Waals surface area contributed by atoms with E-state index in [9.17, 15) is 18.0 Å². The second-order valence-electron chi connectivity index (χ2n) is 5.18. The van der Waals surface area contributed by atoms with Gasteiger partial charge in [-0.25, -0.2) is 13.2 Å². The lowest BCUT2D eigenvalue weighted by molar-refractivity contribution is -0.126. The number of halogens is 1. The van der Waals surface area contributed by atoms with Crippen LogP contribution >= 0.6 is 11.6 Å². The third-order valence-electron chi connectivity index (χ3n) is 3.82. The average molecular weight is 344 g/mol. The summed E-state index contributed by atoms with van der Waals surface area (Å²) in [6.07, 6.45) is 0.436. The van der Waals surface area contributed by atoms with Crippen LogP contribution in [0.15, 0.2) is 29.2 Å². The van der Waals surface area contributed by atoms with E-state index in [1.165, 1.54) is 28.6 Å². The number of sulfonamides is 1. The van der Waals surface area contributed by atoms with Crippen molar-refractivity contribution in [3.05, 3.63) is 29.3 Å². The summed E-state index contributed by atoms with van der Waals surface area (Å²) in [6, 6.07) is 5.04. The minimum Gasteiger partial charge on any atom is -0.329 e. The zero-order valence-corrected chi connectivity index (χ0v) is 13.1. The molecule has 2 aliphatic heterocycles. The quantitative estimate of drug-likeness (QED) is 0.817.